The fraction of sp³-hybridized carbons (Fsp3) is 0.111. The Bertz CT molecular complexity index is 885. The number of aromatic nitrogens is 3. The molecule has 0 fully saturated rings. The molecular formula is C18H16ClN5. The highest BCUT2D eigenvalue weighted by Gasteiger charge is 2.11. The zero-order chi connectivity index (χ0) is 16.4. The fourth-order valence-electron chi connectivity index (χ4n) is 2.69. The summed E-state index contributed by atoms with van der Waals surface area (Å²) in [5, 5.41) is 11.6. The number of nitrogens with one attached hydrogen (secondary N) is 2. The van der Waals surface area contributed by atoms with Gasteiger partial charge in [0.1, 0.15) is 6.33 Å². The molecule has 1 aromatic heterocycles. The molecule has 0 aliphatic carbocycles. The standard InChI is InChI=1S/C18H16ClN5/c19-17-10-14(6-7-16(17)13-8-9-20-11-13)22-18-21-12-24(23-18)15-4-2-1-3-5-15/h1-8,10,12,20H,9,11H2,(H,22,23). The number of nitrogens with zero attached hydrogens (tertiary/aromatic N) is 3. The van der Waals surface area contributed by atoms with E-state index in [0.29, 0.717) is 5.95 Å². The van der Waals surface area contributed by atoms with E-state index in [1.807, 2.05) is 48.5 Å². The van der Waals surface area contributed by atoms with Gasteiger partial charge in [0.15, 0.2) is 0 Å². The van der Waals surface area contributed by atoms with Crippen LogP contribution in [0.1, 0.15) is 5.56 Å². The van der Waals surface area contributed by atoms with Crippen LogP contribution in [-0.2, 0) is 0 Å². The van der Waals surface area contributed by atoms with E-state index in [2.05, 4.69) is 26.8 Å². The van der Waals surface area contributed by atoms with E-state index in [1.165, 1.54) is 5.57 Å². The summed E-state index contributed by atoms with van der Waals surface area (Å²) in [6.07, 6.45) is 3.85. The molecule has 2 heterocycles. The van der Waals surface area contributed by atoms with Crippen molar-refractivity contribution in [2.24, 2.45) is 0 Å². The summed E-state index contributed by atoms with van der Waals surface area (Å²) >= 11 is 6.42. The second kappa shape index (κ2) is 6.47. The van der Waals surface area contributed by atoms with Crippen molar-refractivity contribution in [2.45, 2.75) is 0 Å². The molecule has 1 aliphatic heterocycles. The normalized spacial score (nSPS) is 13.8. The van der Waals surface area contributed by atoms with Crippen LogP contribution in [0.3, 0.4) is 0 Å². The first kappa shape index (κ1) is 14.9. The van der Waals surface area contributed by atoms with Crippen LogP contribution in [0.25, 0.3) is 11.3 Å². The summed E-state index contributed by atoms with van der Waals surface area (Å²) in [6, 6.07) is 15.8. The van der Waals surface area contributed by atoms with Crippen molar-refractivity contribution in [2.75, 3.05) is 18.4 Å². The lowest BCUT2D eigenvalue weighted by Gasteiger charge is -2.08. The molecule has 4 rings (SSSR count). The van der Waals surface area contributed by atoms with E-state index < -0.39 is 0 Å². The molecule has 1 aliphatic rings. The highest BCUT2D eigenvalue weighted by molar-refractivity contribution is 6.32. The molecule has 5 nitrogen and oxygen atoms in total. The number of para-hydroxylation sites is 1. The highest BCUT2D eigenvalue weighted by atomic mass is 35.5. The minimum Gasteiger partial charge on any atom is -0.323 e. The monoisotopic (exact) mass is 337 g/mol. The first-order chi connectivity index (χ1) is 11.8. The average Bonchev–Trinajstić information content (AvgIpc) is 3.28. The first-order valence-corrected chi connectivity index (χ1v) is 8.11. The van der Waals surface area contributed by atoms with Crippen LogP contribution in [-0.4, -0.2) is 27.9 Å². The molecule has 0 saturated carbocycles. The minimum absolute atomic E-state index is 0.532. The smallest absolute Gasteiger partial charge is 0.246 e. The molecule has 0 bridgehead atoms. The van der Waals surface area contributed by atoms with Crippen molar-refractivity contribution >= 4 is 28.8 Å². The number of halogens is 1. The van der Waals surface area contributed by atoms with Crippen LogP contribution >= 0.6 is 11.6 Å². The van der Waals surface area contributed by atoms with E-state index in [1.54, 1.807) is 11.0 Å². The molecule has 0 unspecified atom stereocenters. The predicted octanol–water partition coefficient (Wildman–Crippen LogP) is 3.65. The van der Waals surface area contributed by atoms with Gasteiger partial charge >= 0.3 is 0 Å². The summed E-state index contributed by atoms with van der Waals surface area (Å²) in [5.41, 5.74) is 4.13. The zero-order valence-electron chi connectivity index (χ0n) is 12.9. The second-order valence-corrected chi connectivity index (χ2v) is 5.94. The molecule has 2 aromatic carbocycles. The van der Waals surface area contributed by atoms with Gasteiger partial charge in [-0.2, -0.15) is 4.98 Å². The largest absolute Gasteiger partial charge is 0.323 e. The molecule has 6 heteroatoms. The Balaban J connectivity index is 1.53. The van der Waals surface area contributed by atoms with Gasteiger partial charge in [0.2, 0.25) is 5.95 Å². The lowest BCUT2D eigenvalue weighted by atomic mass is 10.1. The van der Waals surface area contributed by atoms with Crippen molar-refractivity contribution in [3.63, 3.8) is 0 Å². The SMILES string of the molecule is Clc1cc(Nc2ncn(-c3ccccc3)n2)ccc1C1=CCNC1. The van der Waals surface area contributed by atoms with Crippen molar-refractivity contribution < 1.29 is 0 Å². The van der Waals surface area contributed by atoms with Crippen molar-refractivity contribution in [3.8, 4) is 5.69 Å². The average molecular weight is 338 g/mol. The van der Waals surface area contributed by atoms with Gasteiger partial charge in [-0.25, -0.2) is 4.68 Å². The Hall–Kier alpha value is -2.63. The van der Waals surface area contributed by atoms with Crippen LogP contribution in [0, 0.1) is 0 Å². The summed E-state index contributed by atoms with van der Waals surface area (Å²) < 4.78 is 1.73. The van der Waals surface area contributed by atoms with Gasteiger partial charge in [-0.3, -0.25) is 0 Å². The van der Waals surface area contributed by atoms with Gasteiger partial charge in [0.05, 0.1) is 10.7 Å². The molecule has 0 atom stereocenters. The Labute approximate surface area is 145 Å². The summed E-state index contributed by atoms with van der Waals surface area (Å²) in [5.74, 6) is 0.532. The van der Waals surface area contributed by atoms with Gasteiger partial charge in [-0.15, -0.1) is 5.10 Å². The van der Waals surface area contributed by atoms with Gasteiger partial charge in [0, 0.05) is 18.8 Å². The molecule has 120 valence electrons. The second-order valence-electron chi connectivity index (χ2n) is 5.53. The van der Waals surface area contributed by atoms with Crippen LogP contribution in [0.2, 0.25) is 5.02 Å². The number of anilines is 2. The molecule has 0 amide bonds. The van der Waals surface area contributed by atoms with E-state index in [0.717, 1.165) is 35.1 Å². The maximum absolute atomic E-state index is 6.42. The molecule has 0 saturated heterocycles. The molecule has 0 radical (unpaired) electrons. The first-order valence-electron chi connectivity index (χ1n) is 7.73. The van der Waals surface area contributed by atoms with E-state index >= 15 is 0 Å². The zero-order valence-corrected chi connectivity index (χ0v) is 13.7. The van der Waals surface area contributed by atoms with Crippen molar-refractivity contribution in [1.82, 2.24) is 20.1 Å². The molecule has 2 N–H and O–H groups in total. The summed E-state index contributed by atoms with van der Waals surface area (Å²) in [4.78, 5) is 4.29. The van der Waals surface area contributed by atoms with Crippen LogP contribution in [0.15, 0.2) is 60.9 Å². The van der Waals surface area contributed by atoms with Gasteiger partial charge < -0.3 is 10.6 Å². The van der Waals surface area contributed by atoms with Gasteiger partial charge in [-0.1, -0.05) is 41.9 Å². The molecule has 24 heavy (non-hydrogen) atoms. The van der Waals surface area contributed by atoms with E-state index in [4.69, 9.17) is 11.6 Å². The third-order valence-corrected chi connectivity index (χ3v) is 4.20. The Morgan fingerprint density at radius 3 is 2.75 bits per heavy atom. The lowest BCUT2D eigenvalue weighted by Crippen LogP contribution is -2.07. The van der Waals surface area contributed by atoms with E-state index in [-0.39, 0.29) is 0 Å². The molecular weight excluding hydrogens is 322 g/mol. The topological polar surface area (TPSA) is 54.8 Å². The number of benzene rings is 2. The van der Waals surface area contributed by atoms with E-state index in [9.17, 15) is 0 Å². The third kappa shape index (κ3) is 3.04. The Morgan fingerprint density at radius 2 is 2.00 bits per heavy atom. The predicted molar refractivity (Wildman–Crippen MR) is 96.9 cm³/mol. The molecule has 3 aromatic rings. The summed E-state index contributed by atoms with van der Waals surface area (Å²) in [7, 11) is 0. The number of rotatable bonds is 4. The van der Waals surface area contributed by atoms with Crippen LogP contribution in [0.4, 0.5) is 11.6 Å². The number of hydrogen-bond donors (Lipinski definition) is 2. The van der Waals surface area contributed by atoms with Crippen molar-refractivity contribution in [1.29, 1.82) is 0 Å². The highest BCUT2D eigenvalue weighted by Crippen LogP contribution is 2.28. The van der Waals surface area contributed by atoms with Crippen LogP contribution < -0.4 is 10.6 Å². The maximum atomic E-state index is 6.42. The van der Waals surface area contributed by atoms with Gasteiger partial charge in [0.25, 0.3) is 0 Å². The number of hydrogen-bond acceptors (Lipinski definition) is 4. The minimum atomic E-state index is 0.532. The Morgan fingerprint density at radius 1 is 1.12 bits per heavy atom. The third-order valence-electron chi connectivity index (χ3n) is 3.89. The lowest BCUT2D eigenvalue weighted by molar-refractivity contribution is 0.882. The van der Waals surface area contributed by atoms with Gasteiger partial charge in [-0.05, 0) is 35.4 Å². The van der Waals surface area contributed by atoms with Crippen molar-refractivity contribution in [3.05, 3.63) is 71.5 Å². The fourth-order valence-corrected chi connectivity index (χ4v) is 2.99. The quantitative estimate of drug-likeness (QED) is 0.763. The Kier molecular flexibility index (Phi) is 4.02. The van der Waals surface area contributed by atoms with Crippen LogP contribution in [0.5, 0.6) is 0 Å². The summed E-state index contributed by atoms with van der Waals surface area (Å²) in [6.45, 7) is 1.75. The maximum Gasteiger partial charge on any atom is 0.246 e. The molecule has 0 spiro atoms.